The molecule has 5 nitrogen and oxygen atoms in total. The second-order valence-electron chi connectivity index (χ2n) is 7.68. The topological polar surface area (TPSA) is 49.9 Å². The normalized spacial score (nSPS) is 22.3. The van der Waals surface area contributed by atoms with Crippen LogP contribution in [0.1, 0.15) is 25.0 Å². The third-order valence-electron chi connectivity index (χ3n) is 5.30. The molecule has 2 aliphatic heterocycles. The van der Waals surface area contributed by atoms with Gasteiger partial charge in [0.2, 0.25) is 0 Å². The Labute approximate surface area is 185 Å². The van der Waals surface area contributed by atoms with Gasteiger partial charge in [-0.15, -0.1) is 0 Å². The van der Waals surface area contributed by atoms with E-state index in [2.05, 4.69) is 0 Å². The summed E-state index contributed by atoms with van der Waals surface area (Å²) in [5, 5.41) is 1.09. The second-order valence-corrected chi connectivity index (χ2v) is 8.52. The molecule has 2 unspecified atom stereocenters. The molecule has 0 spiro atoms. The van der Waals surface area contributed by atoms with Crippen LogP contribution in [-0.2, 0) is 20.9 Å². The van der Waals surface area contributed by atoms with Crippen LogP contribution in [0.3, 0.4) is 0 Å². The van der Waals surface area contributed by atoms with E-state index < -0.39 is 0 Å². The second kappa shape index (κ2) is 8.42. The molecule has 1 saturated heterocycles. The van der Waals surface area contributed by atoms with Crippen LogP contribution in [0.2, 0.25) is 10.0 Å². The Morgan fingerprint density at radius 2 is 1.57 bits per heavy atom. The Bertz CT molecular complexity index is 1010. The van der Waals surface area contributed by atoms with Gasteiger partial charge in [0.15, 0.2) is 0 Å². The van der Waals surface area contributed by atoms with E-state index in [-0.39, 0.29) is 30.6 Å². The van der Waals surface area contributed by atoms with Crippen molar-refractivity contribution in [2.75, 3.05) is 13.1 Å². The van der Waals surface area contributed by atoms with Crippen molar-refractivity contribution in [3.63, 3.8) is 0 Å². The number of halogens is 2. The molecule has 0 aromatic heterocycles. The monoisotopic (exact) mass is 444 g/mol. The highest BCUT2D eigenvalue weighted by Gasteiger charge is 2.43. The number of rotatable bonds is 4. The summed E-state index contributed by atoms with van der Waals surface area (Å²) in [6, 6.07) is 14.2. The number of hydrogen-bond donors (Lipinski definition) is 0. The van der Waals surface area contributed by atoms with Crippen molar-refractivity contribution in [1.82, 2.24) is 9.80 Å². The lowest BCUT2D eigenvalue weighted by Gasteiger charge is -2.37. The van der Waals surface area contributed by atoms with Crippen LogP contribution >= 0.6 is 23.2 Å². The predicted octanol–water partition coefficient (Wildman–Crippen LogP) is 4.38. The van der Waals surface area contributed by atoms with E-state index in [1.807, 2.05) is 36.9 Å². The molecular formula is C23H22Cl2N2O3. The molecule has 2 heterocycles. The molecule has 1 fully saturated rings. The summed E-state index contributed by atoms with van der Waals surface area (Å²) in [6.07, 6.45) is -0.0959. The summed E-state index contributed by atoms with van der Waals surface area (Å²) < 4.78 is 5.82. The summed E-state index contributed by atoms with van der Waals surface area (Å²) >= 11 is 12.3. The maximum atomic E-state index is 13.5. The molecule has 2 aromatic carbocycles. The number of benzene rings is 2. The zero-order valence-electron chi connectivity index (χ0n) is 16.8. The first kappa shape index (κ1) is 20.9. The number of carbonyl (C=O) groups excluding carboxylic acids is 2. The first-order chi connectivity index (χ1) is 14.3. The van der Waals surface area contributed by atoms with Gasteiger partial charge in [0.25, 0.3) is 11.8 Å². The number of carbonyl (C=O) groups is 2. The standard InChI is InChI=1S/C23H22Cl2N2O3/c1-14-11-26(12-15(2)30-14)21-20(16-7-9-18(24)10-8-16)22(28)27(23(21)29)13-17-5-3-4-6-19(17)25/h3-10,14-15H,11-13H2,1-2H3. The zero-order chi connectivity index (χ0) is 21.4. The lowest BCUT2D eigenvalue weighted by atomic mass is 10.0. The fourth-order valence-corrected chi connectivity index (χ4v) is 4.36. The van der Waals surface area contributed by atoms with Gasteiger partial charge in [0, 0.05) is 23.1 Å². The average molecular weight is 445 g/mol. The summed E-state index contributed by atoms with van der Waals surface area (Å²) in [6.45, 7) is 5.13. The zero-order valence-corrected chi connectivity index (χ0v) is 18.3. The van der Waals surface area contributed by atoms with Gasteiger partial charge in [-0.3, -0.25) is 14.5 Å². The SMILES string of the molecule is CC1CN(C2=C(c3ccc(Cl)cc3)C(=O)N(Cc3ccccc3Cl)C2=O)CC(C)O1. The molecule has 0 aliphatic carbocycles. The number of nitrogens with zero attached hydrogens (tertiary/aromatic N) is 2. The fraction of sp³-hybridized carbons (Fsp3) is 0.304. The summed E-state index contributed by atoms with van der Waals surface area (Å²) in [5.74, 6) is -0.643. The molecule has 2 amide bonds. The largest absolute Gasteiger partial charge is 0.372 e. The number of ether oxygens (including phenoxy) is 1. The molecule has 2 atom stereocenters. The van der Waals surface area contributed by atoms with Crippen LogP contribution in [0, 0.1) is 0 Å². The third-order valence-corrected chi connectivity index (χ3v) is 5.92. The molecule has 0 saturated carbocycles. The van der Waals surface area contributed by atoms with Crippen molar-refractivity contribution in [2.24, 2.45) is 0 Å². The highest BCUT2D eigenvalue weighted by Crippen LogP contribution is 2.35. The van der Waals surface area contributed by atoms with Gasteiger partial charge in [-0.2, -0.15) is 0 Å². The van der Waals surface area contributed by atoms with E-state index in [1.165, 1.54) is 4.90 Å². The summed E-state index contributed by atoms with van der Waals surface area (Å²) in [4.78, 5) is 30.2. The van der Waals surface area contributed by atoms with E-state index in [9.17, 15) is 9.59 Å². The predicted molar refractivity (Wildman–Crippen MR) is 117 cm³/mol. The van der Waals surface area contributed by atoms with Crippen molar-refractivity contribution >= 4 is 40.6 Å². The van der Waals surface area contributed by atoms with Gasteiger partial charge in [0.1, 0.15) is 5.70 Å². The molecule has 4 rings (SSSR count). The highest BCUT2D eigenvalue weighted by molar-refractivity contribution is 6.36. The maximum Gasteiger partial charge on any atom is 0.278 e. The van der Waals surface area contributed by atoms with Crippen LogP contribution in [-0.4, -0.2) is 46.9 Å². The Hall–Kier alpha value is -2.34. The molecule has 0 bridgehead atoms. The maximum absolute atomic E-state index is 13.5. The van der Waals surface area contributed by atoms with Crippen molar-refractivity contribution in [1.29, 1.82) is 0 Å². The molecule has 30 heavy (non-hydrogen) atoms. The molecular weight excluding hydrogens is 423 g/mol. The Morgan fingerprint density at radius 1 is 0.933 bits per heavy atom. The van der Waals surface area contributed by atoms with E-state index in [0.717, 1.165) is 5.56 Å². The van der Waals surface area contributed by atoms with Gasteiger partial charge in [-0.25, -0.2) is 0 Å². The lowest BCUT2D eigenvalue weighted by Crippen LogP contribution is -2.46. The van der Waals surface area contributed by atoms with Gasteiger partial charge in [-0.1, -0.05) is 53.5 Å². The van der Waals surface area contributed by atoms with Crippen molar-refractivity contribution in [2.45, 2.75) is 32.6 Å². The van der Waals surface area contributed by atoms with E-state index >= 15 is 0 Å². The van der Waals surface area contributed by atoms with Gasteiger partial charge in [0.05, 0.1) is 24.3 Å². The molecule has 156 valence electrons. The Morgan fingerprint density at radius 3 is 2.20 bits per heavy atom. The van der Waals surface area contributed by atoms with Gasteiger partial charge >= 0.3 is 0 Å². The van der Waals surface area contributed by atoms with Crippen LogP contribution in [0.5, 0.6) is 0 Å². The smallest absolute Gasteiger partial charge is 0.278 e. The number of hydrogen-bond acceptors (Lipinski definition) is 4. The Balaban J connectivity index is 1.76. The fourth-order valence-electron chi connectivity index (χ4n) is 4.03. The van der Waals surface area contributed by atoms with Crippen molar-refractivity contribution in [3.05, 3.63) is 75.4 Å². The minimum atomic E-state index is -0.330. The molecule has 7 heteroatoms. The van der Waals surface area contributed by atoms with Crippen molar-refractivity contribution < 1.29 is 14.3 Å². The van der Waals surface area contributed by atoms with E-state index in [4.69, 9.17) is 27.9 Å². The van der Waals surface area contributed by atoms with Crippen molar-refractivity contribution in [3.8, 4) is 0 Å². The average Bonchev–Trinajstić information content (AvgIpc) is 2.94. The van der Waals surface area contributed by atoms with Crippen LogP contribution in [0.25, 0.3) is 5.57 Å². The molecule has 0 N–H and O–H groups in total. The molecule has 0 radical (unpaired) electrons. The van der Waals surface area contributed by atoms with Crippen LogP contribution in [0.15, 0.2) is 54.2 Å². The van der Waals surface area contributed by atoms with E-state index in [0.29, 0.717) is 40.0 Å². The minimum Gasteiger partial charge on any atom is -0.372 e. The number of imide groups is 1. The first-order valence-corrected chi connectivity index (χ1v) is 10.6. The third kappa shape index (κ3) is 3.97. The molecule has 2 aliphatic rings. The van der Waals surface area contributed by atoms with Crippen LogP contribution in [0.4, 0.5) is 0 Å². The lowest BCUT2D eigenvalue weighted by molar-refractivity contribution is -0.139. The first-order valence-electron chi connectivity index (χ1n) is 9.85. The quantitative estimate of drug-likeness (QED) is 0.656. The van der Waals surface area contributed by atoms with Crippen LogP contribution < -0.4 is 0 Å². The van der Waals surface area contributed by atoms with E-state index in [1.54, 1.807) is 30.3 Å². The number of morpholine rings is 1. The summed E-state index contributed by atoms with van der Waals surface area (Å²) in [5.41, 5.74) is 2.20. The van der Waals surface area contributed by atoms with Gasteiger partial charge < -0.3 is 9.64 Å². The minimum absolute atomic E-state index is 0.0479. The molecule has 2 aromatic rings. The number of amides is 2. The summed E-state index contributed by atoms with van der Waals surface area (Å²) in [7, 11) is 0. The van der Waals surface area contributed by atoms with Gasteiger partial charge in [-0.05, 0) is 43.2 Å². The Kier molecular flexibility index (Phi) is 5.87. The highest BCUT2D eigenvalue weighted by atomic mass is 35.5.